The Morgan fingerprint density at radius 3 is 1.34 bits per heavy atom. The fraction of sp³-hybridized carbons (Fsp3) is 0.333. The van der Waals surface area contributed by atoms with E-state index in [0.29, 0.717) is 13.2 Å². The summed E-state index contributed by atoms with van der Waals surface area (Å²) in [6, 6.07) is 29.3. The molecule has 0 aromatic heterocycles. The molecule has 35 heavy (non-hydrogen) atoms. The van der Waals surface area contributed by atoms with Crippen LogP contribution in [0, 0.1) is 88.1 Å². The third kappa shape index (κ3) is 9.52. The van der Waals surface area contributed by atoms with Crippen molar-refractivity contribution in [2.45, 2.75) is 50.5 Å². The second-order valence-corrected chi connectivity index (χ2v) is 8.03. The van der Waals surface area contributed by atoms with Crippen LogP contribution in [0.5, 0.6) is 0 Å². The van der Waals surface area contributed by atoms with Gasteiger partial charge in [0.15, 0.2) is 6.29 Å². The van der Waals surface area contributed by atoms with Gasteiger partial charge in [0.2, 0.25) is 0 Å². The normalized spacial score (nSPS) is 23.7. The maximum Gasteiger partial charge on any atom is 0.184 e. The molecular formula is C27H30Ac2O6. The molecule has 3 aromatic carbocycles. The predicted molar refractivity (Wildman–Crippen MR) is 123 cm³/mol. The SMILES string of the molecule is OCC1OC(O)C(OCc2ccccc2)C(OCc2ccccc2)[C@@H]1OCc1ccccc1.[Ac].[Ac]. The van der Waals surface area contributed by atoms with Gasteiger partial charge in [-0.25, -0.2) is 0 Å². The third-order valence-electron chi connectivity index (χ3n) is 5.65. The first kappa shape index (κ1) is 31.5. The van der Waals surface area contributed by atoms with Gasteiger partial charge < -0.3 is 29.2 Å². The Balaban J connectivity index is 0.00000216. The van der Waals surface area contributed by atoms with Gasteiger partial charge in [-0.1, -0.05) is 91.0 Å². The first-order chi connectivity index (χ1) is 16.2. The Hall–Kier alpha value is 0.303. The summed E-state index contributed by atoms with van der Waals surface area (Å²) in [5.41, 5.74) is 2.95. The molecular weight excluding hydrogens is 874 g/mol. The van der Waals surface area contributed by atoms with Crippen molar-refractivity contribution >= 4 is 0 Å². The van der Waals surface area contributed by atoms with Gasteiger partial charge >= 0.3 is 0 Å². The molecule has 2 radical (unpaired) electrons. The van der Waals surface area contributed by atoms with E-state index < -0.39 is 30.7 Å². The fourth-order valence-corrected chi connectivity index (χ4v) is 3.91. The number of aliphatic hydroxyl groups excluding tert-OH is 2. The van der Waals surface area contributed by atoms with Gasteiger partial charge in [0.1, 0.15) is 24.4 Å². The summed E-state index contributed by atoms with van der Waals surface area (Å²) < 4.78 is 24.3. The summed E-state index contributed by atoms with van der Waals surface area (Å²) in [6.45, 7) is 0.601. The molecule has 4 rings (SSSR count). The van der Waals surface area contributed by atoms with Crippen LogP contribution in [-0.4, -0.2) is 47.5 Å². The van der Waals surface area contributed by atoms with E-state index in [4.69, 9.17) is 18.9 Å². The predicted octanol–water partition coefficient (Wildman–Crippen LogP) is 3.45. The topological polar surface area (TPSA) is 77.4 Å². The van der Waals surface area contributed by atoms with Crippen molar-refractivity contribution in [1.29, 1.82) is 0 Å². The van der Waals surface area contributed by atoms with E-state index in [2.05, 4.69) is 0 Å². The second kappa shape index (κ2) is 17.0. The minimum atomic E-state index is -1.26. The van der Waals surface area contributed by atoms with Gasteiger partial charge in [-0.2, -0.15) is 0 Å². The van der Waals surface area contributed by atoms with Crippen LogP contribution in [-0.2, 0) is 38.8 Å². The molecule has 1 heterocycles. The van der Waals surface area contributed by atoms with Crippen LogP contribution in [0.15, 0.2) is 91.0 Å². The van der Waals surface area contributed by atoms with E-state index in [0.717, 1.165) is 16.7 Å². The first-order valence-corrected chi connectivity index (χ1v) is 11.2. The van der Waals surface area contributed by atoms with Gasteiger partial charge in [-0.3, -0.25) is 0 Å². The Labute approximate surface area is 278 Å². The number of hydrogen-bond donors (Lipinski definition) is 2. The van der Waals surface area contributed by atoms with Gasteiger partial charge in [-0.15, -0.1) is 0 Å². The van der Waals surface area contributed by atoms with Crippen LogP contribution in [0.2, 0.25) is 0 Å². The van der Waals surface area contributed by atoms with E-state index in [1.54, 1.807) is 0 Å². The molecule has 0 aliphatic carbocycles. The zero-order valence-electron chi connectivity index (χ0n) is 19.6. The number of benzene rings is 3. The summed E-state index contributed by atoms with van der Waals surface area (Å²) >= 11 is 0. The van der Waals surface area contributed by atoms with Crippen LogP contribution >= 0.6 is 0 Å². The monoisotopic (exact) mass is 904 g/mol. The molecule has 5 atom stereocenters. The van der Waals surface area contributed by atoms with Crippen molar-refractivity contribution in [3.05, 3.63) is 108 Å². The van der Waals surface area contributed by atoms with Crippen molar-refractivity contribution in [1.82, 2.24) is 0 Å². The average molecular weight is 905 g/mol. The minimum absolute atomic E-state index is 0. The van der Waals surface area contributed by atoms with Crippen molar-refractivity contribution in [2.75, 3.05) is 6.61 Å². The van der Waals surface area contributed by atoms with E-state index in [1.807, 2.05) is 91.0 Å². The van der Waals surface area contributed by atoms with Crippen LogP contribution in [0.1, 0.15) is 16.7 Å². The summed E-state index contributed by atoms with van der Waals surface area (Å²) in [5, 5.41) is 20.7. The molecule has 8 heteroatoms. The van der Waals surface area contributed by atoms with Crippen LogP contribution in [0.3, 0.4) is 0 Å². The number of ether oxygens (including phenoxy) is 4. The summed E-state index contributed by atoms with van der Waals surface area (Å²) in [4.78, 5) is 0. The molecule has 1 aliphatic rings. The van der Waals surface area contributed by atoms with Crippen molar-refractivity contribution in [3.63, 3.8) is 0 Å². The van der Waals surface area contributed by atoms with E-state index in [1.165, 1.54) is 0 Å². The zero-order chi connectivity index (χ0) is 22.9. The first-order valence-electron chi connectivity index (χ1n) is 11.2. The molecule has 6 nitrogen and oxygen atoms in total. The van der Waals surface area contributed by atoms with Crippen LogP contribution in [0.4, 0.5) is 0 Å². The number of rotatable bonds is 10. The van der Waals surface area contributed by atoms with Gasteiger partial charge in [0, 0.05) is 88.1 Å². The molecule has 2 N–H and O–H groups in total. The average Bonchev–Trinajstić information content (AvgIpc) is 2.87. The maximum atomic E-state index is 10.7. The van der Waals surface area contributed by atoms with Gasteiger partial charge in [0.05, 0.1) is 26.4 Å². The van der Waals surface area contributed by atoms with Crippen molar-refractivity contribution in [2.24, 2.45) is 0 Å². The molecule has 0 bridgehead atoms. The quantitative estimate of drug-likeness (QED) is 0.325. The standard InChI is InChI=1S/C27H30O6.2Ac/c28-16-23-24(30-17-20-10-4-1-5-11-20)25(31-18-21-12-6-2-7-13-21)26(27(29)33-23)32-19-22-14-8-3-9-15-22;;/h1-15,23-29H,16-19H2;;/t23?,24-,25?,26?,27?;;/m1../s1. The summed E-state index contributed by atoms with van der Waals surface area (Å²) in [6.07, 6.45) is -4.09. The van der Waals surface area contributed by atoms with Crippen molar-refractivity contribution in [3.8, 4) is 0 Å². The van der Waals surface area contributed by atoms with Gasteiger partial charge in [-0.05, 0) is 16.7 Å². The minimum Gasteiger partial charge on any atom is -0.394 e. The fourth-order valence-electron chi connectivity index (χ4n) is 3.91. The van der Waals surface area contributed by atoms with Crippen LogP contribution in [0.25, 0.3) is 0 Å². The van der Waals surface area contributed by atoms with Crippen LogP contribution < -0.4 is 0 Å². The molecule has 4 unspecified atom stereocenters. The number of aliphatic hydroxyl groups is 2. The second-order valence-electron chi connectivity index (χ2n) is 8.03. The Morgan fingerprint density at radius 2 is 0.943 bits per heavy atom. The Morgan fingerprint density at radius 1 is 0.571 bits per heavy atom. The number of hydrogen-bond acceptors (Lipinski definition) is 6. The molecule has 0 spiro atoms. The molecule has 0 saturated carbocycles. The molecule has 1 fully saturated rings. The molecule has 1 aliphatic heterocycles. The molecule has 180 valence electrons. The van der Waals surface area contributed by atoms with E-state index in [9.17, 15) is 10.2 Å². The summed E-state index contributed by atoms with van der Waals surface area (Å²) in [5.74, 6) is 0. The van der Waals surface area contributed by atoms with Crippen molar-refractivity contribution < 1.29 is 117 Å². The Bertz CT molecular complexity index is 948. The van der Waals surface area contributed by atoms with E-state index in [-0.39, 0.29) is 101 Å². The zero-order valence-corrected chi connectivity index (χ0v) is 29.0. The van der Waals surface area contributed by atoms with E-state index >= 15 is 0 Å². The maximum absolute atomic E-state index is 10.7. The molecule has 0 amide bonds. The van der Waals surface area contributed by atoms with Gasteiger partial charge in [0.25, 0.3) is 0 Å². The molecule has 3 aromatic rings. The smallest absolute Gasteiger partial charge is 0.184 e. The largest absolute Gasteiger partial charge is 0.394 e. The molecule has 1 saturated heterocycles. The Kier molecular flexibility index (Phi) is 15.3. The summed E-state index contributed by atoms with van der Waals surface area (Å²) in [7, 11) is 0. The third-order valence-corrected chi connectivity index (χ3v) is 5.65.